The Kier molecular flexibility index (Phi) is 3.59. The third-order valence-electron chi connectivity index (χ3n) is 2.00. The van der Waals surface area contributed by atoms with Crippen LogP contribution in [0.4, 0.5) is 5.00 Å². The third-order valence-corrected chi connectivity index (χ3v) is 3.31. The van der Waals surface area contributed by atoms with Crippen molar-refractivity contribution in [2.24, 2.45) is 0 Å². The number of nitrogens with one attached hydrogen (secondary N) is 1. The molecule has 0 fully saturated rings. The van der Waals surface area contributed by atoms with Gasteiger partial charge in [-0.25, -0.2) is 0 Å². The van der Waals surface area contributed by atoms with E-state index in [1.54, 1.807) is 6.92 Å². The van der Waals surface area contributed by atoms with Crippen molar-refractivity contribution in [3.05, 3.63) is 28.7 Å². The van der Waals surface area contributed by atoms with Crippen LogP contribution in [-0.4, -0.2) is 11.7 Å². The Bertz CT molecular complexity index is 509. The van der Waals surface area contributed by atoms with Gasteiger partial charge in [0.25, 0.3) is 0 Å². The first kappa shape index (κ1) is 12.1. The van der Waals surface area contributed by atoms with Crippen molar-refractivity contribution in [3.8, 4) is 6.07 Å². The number of nitrogens with zero attached hydrogens (tertiary/aromatic N) is 1. The number of Topliss-reactive ketones (excluding diaryl/α,β-unsaturated/α-hetero) is 1. The lowest BCUT2D eigenvalue weighted by molar-refractivity contribution is -0.111. The number of ketones is 1. The molecule has 0 saturated carbocycles. The first-order valence-corrected chi connectivity index (χ1v) is 5.30. The maximum absolute atomic E-state index is 11.3. The lowest BCUT2D eigenvalue weighted by Crippen LogP contribution is -2.06. The number of thiophene rings is 1. The molecular weight excluding hydrogens is 224 g/mol. The van der Waals surface area contributed by atoms with E-state index in [0.29, 0.717) is 21.0 Å². The first-order valence-electron chi connectivity index (χ1n) is 4.49. The highest BCUT2D eigenvalue weighted by Crippen LogP contribution is 2.32. The molecule has 0 bridgehead atoms. The Labute approximate surface area is 97.2 Å². The molecular formula is C11H10N2O2S. The van der Waals surface area contributed by atoms with Gasteiger partial charge >= 0.3 is 0 Å². The summed E-state index contributed by atoms with van der Waals surface area (Å²) in [4.78, 5) is 22.9. The number of carbonyl (C=O) groups is 2. The molecule has 1 aromatic heterocycles. The molecule has 0 unspecified atom stereocenters. The molecule has 1 N–H and O–H groups in total. The number of rotatable bonds is 3. The summed E-state index contributed by atoms with van der Waals surface area (Å²) in [5.41, 5.74) is 0.949. The summed E-state index contributed by atoms with van der Waals surface area (Å²) in [6, 6.07) is 1.98. The van der Waals surface area contributed by atoms with E-state index in [2.05, 4.69) is 11.9 Å². The summed E-state index contributed by atoms with van der Waals surface area (Å²) < 4.78 is 0. The van der Waals surface area contributed by atoms with Crippen LogP contribution in [0.3, 0.4) is 0 Å². The fourth-order valence-electron chi connectivity index (χ4n) is 1.23. The van der Waals surface area contributed by atoms with Crippen molar-refractivity contribution in [2.45, 2.75) is 13.8 Å². The summed E-state index contributed by atoms with van der Waals surface area (Å²) in [7, 11) is 0. The highest BCUT2D eigenvalue weighted by Gasteiger charge is 2.18. The molecule has 16 heavy (non-hydrogen) atoms. The van der Waals surface area contributed by atoms with Gasteiger partial charge in [-0.05, 0) is 25.5 Å². The molecule has 0 aliphatic heterocycles. The zero-order valence-corrected chi connectivity index (χ0v) is 9.77. The minimum absolute atomic E-state index is 0.113. The Hall–Kier alpha value is -1.93. The maximum atomic E-state index is 11.3. The zero-order valence-electron chi connectivity index (χ0n) is 8.96. The summed E-state index contributed by atoms with van der Waals surface area (Å²) in [5, 5.41) is 11.9. The topological polar surface area (TPSA) is 70.0 Å². The molecule has 1 aromatic rings. The van der Waals surface area contributed by atoms with E-state index in [-0.39, 0.29) is 5.78 Å². The van der Waals surface area contributed by atoms with Crippen molar-refractivity contribution < 1.29 is 9.59 Å². The molecule has 1 amide bonds. The van der Waals surface area contributed by atoms with E-state index in [0.717, 1.165) is 17.4 Å². The second kappa shape index (κ2) is 4.73. The van der Waals surface area contributed by atoms with Gasteiger partial charge in [0.15, 0.2) is 5.78 Å². The fourth-order valence-corrected chi connectivity index (χ4v) is 2.29. The lowest BCUT2D eigenvalue weighted by atomic mass is 10.1. The Balaban J connectivity index is 3.25. The van der Waals surface area contributed by atoms with Crippen molar-refractivity contribution in [1.29, 1.82) is 5.26 Å². The molecule has 0 aliphatic carbocycles. The van der Waals surface area contributed by atoms with Crippen LogP contribution in [0, 0.1) is 18.3 Å². The predicted molar refractivity (Wildman–Crippen MR) is 62.6 cm³/mol. The number of amides is 1. The normalized spacial score (nSPS) is 9.31. The van der Waals surface area contributed by atoms with Crippen molar-refractivity contribution in [1.82, 2.24) is 0 Å². The average Bonchev–Trinajstić information content (AvgIpc) is 2.55. The predicted octanol–water partition coefficient (Wildman–Crippen LogP) is 2.26. The average molecular weight is 234 g/mol. The van der Waals surface area contributed by atoms with E-state index in [4.69, 9.17) is 5.26 Å². The quantitative estimate of drug-likeness (QED) is 0.644. The standard InChI is InChI=1S/C11H10N2O2S/c1-4-9(15)13-11-8(5-12)6(2)10(16-11)7(3)14/h4H,1H2,2-3H3,(H,13,15). The van der Waals surface area contributed by atoms with Gasteiger partial charge in [-0.2, -0.15) is 5.26 Å². The first-order chi connectivity index (χ1) is 7.51. The van der Waals surface area contributed by atoms with Gasteiger partial charge in [0, 0.05) is 0 Å². The van der Waals surface area contributed by atoms with Crippen LogP contribution >= 0.6 is 11.3 Å². The Morgan fingerprint density at radius 1 is 1.56 bits per heavy atom. The molecule has 1 heterocycles. The van der Waals surface area contributed by atoms with Crippen LogP contribution in [0.5, 0.6) is 0 Å². The van der Waals surface area contributed by atoms with E-state index >= 15 is 0 Å². The fraction of sp³-hybridized carbons (Fsp3) is 0.182. The maximum Gasteiger partial charge on any atom is 0.248 e. The van der Waals surface area contributed by atoms with Crippen molar-refractivity contribution >= 4 is 28.0 Å². The molecule has 5 heteroatoms. The SMILES string of the molecule is C=CC(=O)Nc1sc(C(C)=O)c(C)c1C#N. The third kappa shape index (κ3) is 2.18. The minimum atomic E-state index is -0.396. The van der Waals surface area contributed by atoms with E-state index < -0.39 is 5.91 Å². The molecule has 0 radical (unpaired) electrons. The minimum Gasteiger partial charge on any atom is -0.313 e. The summed E-state index contributed by atoms with van der Waals surface area (Å²) in [5.74, 6) is -0.508. The second-order valence-corrected chi connectivity index (χ2v) is 4.14. The van der Waals surface area contributed by atoms with Crippen LogP contribution in [0.15, 0.2) is 12.7 Å². The highest BCUT2D eigenvalue weighted by molar-refractivity contribution is 7.18. The highest BCUT2D eigenvalue weighted by atomic mass is 32.1. The van der Waals surface area contributed by atoms with Gasteiger partial charge in [-0.3, -0.25) is 9.59 Å². The van der Waals surface area contributed by atoms with Crippen molar-refractivity contribution in [2.75, 3.05) is 5.32 Å². The van der Waals surface area contributed by atoms with Gasteiger partial charge in [-0.15, -0.1) is 11.3 Å². The summed E-state index contributed by atoms with van der Waals surface area (Å²) in [6.45, 7) is 6.44. The number of hydrogen-bond acceptors (Lipinski definition) is 4. The number of anilines is 1. The van der Waals surface area contributed by atoms with E-state index in [9.17, 15) is 9.59 Å². The van der Waals surface area contributed by atoms with E-state index in [1.807, 2.05) is 6.07 Å². The second-order valence-electron chi connectivity index (χ2n) is 3.12. The number of hydrogen-bond donors (Lipinski definition) is 1. The van der Waals surface area contributed by atoms with Gasteiger partial charge in [0.2, 0.25) is 5.91 Å². The number of carbonyl (C=O) groups excluding carboxylic acids is 2. The molecule has 0 spiro atoms. The van der Waals surface area contributed by atoms with Gasteiger partial charge in [-0.1, -0.05) is 6.58 Å². The molecule has 82 valence electrons. The summed E-state index contributed by atoms with van der Waals surface area (Å²) in [6.07, 6.45) is 1.11. The molecule has 0 aromatic carbocycles. The van der Waals surface area contributed by atoms with Gasteiger partial charge < -0.3 is 5.32 Å². The number of nitriles is 1. The smallest absolute Gasteiger partial charge is 0.248 e. The Morgan fingerprint density at radius 3 is 2.62 bits per heavy atom. The monoisotopic (exact) mass is 234 g/mol. The van der Waals surface area contributed by atoms with Crippen LogP contribution in [0.1, 0.15) is 27.7 Å². The summed E-state index contributed by atoms with van der Waals surface area (Å²) >= 11 is 1.11. The van der Waals surface area contributed by atoms with Crippen LogP contribution in [-0.2, 0) is 4.79 Å². The lowest BCUT2D eigenvalue weighted by Gasteiger charge is -1.97. The van der Waals surface area contributed by atoms with Gasteiger partial charge in [0.1, 0.15) is 11.1 Å². The largest absolute Gasteiger partial charge is 0.313 e. The molecule has 1 rings (SSSR count). The van der Waals surface area contributed by atoms with E-state index in [1.165, 1.54) is 6.92 Å². The Morgan fingerprint density at radius 2 is 2.19 bits per heavy atom. The van der Waals surface area contributed by atoms with Crippen molar-refractivity contribution in [3.63, 3.8) is 0 Å². The zero-order chi connectivity index (χ0) is 12.3. The molecule has 0 aliphatic rings. The van der Waals surface area contributed by atoms with Crippen LogP contribution < -0.4 is 5.32 Å². The van der Waals surface area contributed by atoms with Crippen LogP contribution in [0.25, 0.3) is 0 Å². The van der Waals surface area contributed by atoms with Gasteiger partial charge in [0.05, 0.1) is 10.4 Å². The molecule has 0 saturated heterocycles. The molecule has 0 atom stereocenters. The molecule has 4 nitrogen and oxygen atoms in total. The van der Waals surface area contributed by atoms with Crippen LogP contribution in [0.2, 0.25) is 0 Å².